The minimum atomic E-state index is -0.301. The molecule has 0 spiro atoms. The van der Waals surface area contributed by atoms with Crippen molar-refractivity contribution >= 4 is 68.6 Å². The number of nitrogens with zero attached hydrogens (tertiary/aromatic N) is 4. The number of hydrogen-bond donors (Lipinski definition) is 0. The maximum Gasteiger partial charge on any atom is 0.252 e. The van der Waals surface area contributed by atoms with Gasteiger partial charge < -0.3 is 19.6 Å². The molecule has 0 fully saturated rings. The van der Waals surface area contributed by atoms with Crippen LogP contribution in [0.4, 0.5) is 45.5 Å². The van der Waals surface area contributed by atoms with Crippen molar-refractivity contribution in [2.75, 3.05) is 19.6 Å². The largest absolute Gasteiger partial charge is 0.317 e. The molecule has 0 N–H and O–H groups in total. The van der Waals surface area contributed by atoms with E-state index in [9.17, 15) is 0 Å². The molecule has 5 aromatic carbocycles. The standard InChI is InChI=1S/C36H31BN4/c1-35(2)39(25-16-9-6-10-17-25)31-23-22-29-32-34(31)40(35)28-20-12-11-18-26(28)37(32)27-19-13-21-30-33(27)41(29)36(3,4)38(30)24-14-7-5-8-15-24/h5-23H,1-4H3. The number of para-hydroxylation sites is 4. The second kappa shape index (κ2) is 7.55. The van der Waals surface area contributed by atoms with Crippen molar-refractivity contribution < 1.29 is 0 Å². The van der Waals surface area contributed by atoms with Gasteiger partial charge in [-0.25, -0.2) is 0 Å². The Kier molecular flexibility index (Phi) is 4.26. The predicted molar refractivity (Wildman–Crippen MR) is 174 cm³/mol. The van der Waals surface area contributed by atoms with Gasteiger partial charge in [-0.3, -0.25) is 0 Å². The van der Waals surface area contributed by atoms with Crippen molar-refractivity contribution in [2.45, 2.75) is 39.0 Å². The molecule has 0 saturated heterocycles. The first-order chi connectivity index (χ1) is 19.9. The molecule has 4 aliphatic rings. The van der Waals surface area contributed by atoms with Gasteiger partial charge in [-0.1, -0.05) is 66.7 Å². The molecule has 5 heteroatoms. The highest BCUT2D eigenvalue weighted by molar-refractivity contribution is 7.00. The Hall–Kier alpha value is -4.64. The lowest BCUT2D eigenvalue weighted by Gasteiger charge is -2.47. The van der Waals surface area contributed by atoms with Crippen LogP contribution in [0.25, 0.3) is 0 Å². The molecule has 0 unspecified atom stereocenters. The van der Waals surface area contributed by atoms with Crippen LogP contribution >= 0.6 is 0 Å². The number of rotatable bonds is 2. The molecule has 0 atom stereocenters. The molecule has 9 rings (SSSR count). The van der Waals surface area contributed by atoms with Gasteiger partial charge in [0, 0.05) is 22.7 Å². The van der Waals surface area contributed by atoms with Crippen LogP contribution < -0.4 is 36.0 Å². The van der Waals surface area contributed by atoms with Crippen LogP contribution in [-0.2, 0) is 0 Å². The molecule has 0 aliphatic carbocycles. The van der Waals surface area contributed by atoms with Crippen LogP contribution in [0.5, 0.6) is 0 Å². The van der Waals surface area contributed by atoms with E-state index in [2.05, 4.69) is 163 Å². The van der Waals surface area contributed by atoms with E-state index >= 15 is 0 Å². The van der Waals surface area contributed by atoms with Gasteiger partial charge >= 0.3 is 0 Å². The van der Waals surface area contributed by atoms with Gasteiger partial charge in [-0.15, -0.1) is 0 Å². The Morgan fingerprint density at radius 2 is 0.902 bits per heavy atom. The second-order valence-electron chi connectivity index (χ2n) is 12.6. The summed E-state index contributed by atoms with van der Waals surface area (Å²) in [7, 11) is 0. The predicted octanol–water partition coefficient (Wildman–Crippen LogP) is 6.88. The zero-order chi connectivity index (χ0) is 27.7. The molecular formula is C36H31BN4. The van der Waals surface area contributed by atoms with Crippen LogP contribution in [0.2, 0.25) is 0 Å². The maximum atomic E-state index is 2.61. The normalized spacial score (nSPS) is 17.9. The van der Waals surface area contributed by atoms with E-state index in [0.29, 0.717) is 0 Å². The molecule has 4 nitrogen and oxygen atoms in total. The van der Waals surface area contributed by atoms with Crippen LogP contribution in [0.3, 0.4) is 0 Å². The topological polar surface area (TPSA) is 13.0 Å². The monoisotopic (exact) mass is 530 g/mol. The SMILES string of the molecule is CC1(C)N(c2ccccc2)c2cccc3c2N1c1ccc2c4c1B3c1ccccc1N4C(C)(C)N2c1ccccc1. The quantitative estimate of drug-likeness (QED) is 0.231. The molecule has 4 heterocycles. The van der Waals surface area contributed by atoms with Crippen molar-refractivity contribution in [2.24, 2.45) is 0 Å². The van der Waals surface area contributed by atoms with E-state index in [0.717, 1.165) is 0 Å². The molecule has 0 saturated carbocycles. The molecule has 0 bridgehead atoms. The molecule has 0 aromatic heterocycles. The average molecular weight is 530 g/mol. The summed E-state index contributed by atoms with van der Waals surface area (Å²) in [5.41, 5.74) is 13.8. The summed E-state index contributed by atoms with van der Waals surface area (Å²) in [6.07, 6.45) is 0. The number of fused-ring (bicyclic) bond motifs is 5. The van der Waals surface area contributed by atoms with Crippen molar-refractivity contribution in [3.05, 3.63) is 115 Å². The molecule has 4 aliphatic heterocycles. The summed E-state index contributed by atoms with van der Waals surface area (Å²) in [4.78, 5) is 10.3. The minimum absolute atomic E-state index is 0.164. The highest BCUT2D eigenvalue weighted by Gasteiger charge is 2.56. The number of benzene rings is 5. The van der Waals surface area contributed by atoms with E-state index in [1.54, 1.807) is 0 Å². The van der Waals surface area contributed by atoms with E-state index < -0.39 is 0 Å². The van der Waals surface area contributed by atoms with Crippen LogP contribution in [0.15, 0.2) is 115 Å². The molecule has 0 radical (unpaired) electrons. The first-order valence-electron chi connectivity index (χ1n) is 14.6. The Bertz CT molecular complexity index is 1880. The Morgan fingerprint density at radius 3 is 1.56 bits per heavy atom. The van der Waals surface area contributed by atoms with Gasteiger partial charge in [0.1, 0.15) is 11.3 Å². The van der Waals surface area contributed by atoms with Crippen LogP contribution in [0, 0.1) is 0 Å². The van der Waals surface area contributed by atoms with Crippen LogP contribution in [0.1, 0.15) is 27.7 Å². The molecule has 5 aromatic rings. The summed E-state index contributed by atoms with van der Waals surface area (Å²) in [5, 5.41) is 0. The van der Waals surface area contributed by atoms with Crippen LogP contribution in [-0.4, -0.2) is 18.0 Å². The third-order valence-electron chi connectivity index (χ3n) is 9.69. The summed E-state index contributed by atoms with van der Waals surface area (Å²) in [6, 6.07) is 42.5. The van der Waals surface area contributed by atoms with Gasteiger partial charge in [0.15, 0.2) is 0 Å². The zero-order valence-corrected chi connectivity index (χ0v) is 23.8. The van der Waals surface area contributed by atoms with Gasteiger partial charge in [0.25, 0.3) is 6.71 Å². The van der Waals surface area contributed by atoms with Gasteiger partial charge in [-0.2, -0.15) is 0 Å². The third kappa shape index (κ3) is 2.67. The van der Waals surface area contributed by atoms with Crippen molar-refractivity contribution in [1.82, 2.24) is 0 Å². The van der Waals surface area contributed by atoms with Gasteiger partial charge in [0.05, 0.1) is 22.7 Å². The smallest absolute Gasteiger partial charge is 0.252 e. The number of hydrogen-bond acceptors (Lipinski definition) is 4. The second-order valence-corrected chi connectivity index (χ2v) is 12.6. The number of anilines is 8. The highest BCUT2D eigenvalue weighted by atomic mass is 15.5. The first-order valence-corrected chi connectivity index (χ1v) is 14.6. The van der Waals surface area contributed by atoms with Crippen molar-refractivity contribution in [1.29, 1.82) is 0 Å². The lowest BCUT2D eigenvalue weighted by atomic mass is 9.33. The molecular weight excluding hydrogens is 499 g/mol. The molecule has 41 heavy (non-hydrogen) atoms. The highest BCUT2D eigenvalue weighted by Crippen LogP contribution is 2.58. The van der Waals surface area contributed by atoms with E-state index in [1.165, 1.54) is 61.9 Å². The lowest BCUT2D eigenvalue weighted by molar-refractivity contribution is 0.539. The van der Waals surface area contributed by atoms with E-state index in [-0.39, 0.29) is 18.0 Å². The van der Waals surface area contributed by atoms with Crippen molar-refractivity contribution in [3.8, 4) is 0 Å². The van der Waals surface area contributed by atoms with Crippen molar-refractivity contribution in [3.63, 3.8) is 0 Å². The Morgan fingerprint density at radius 1 is 0.415 bits per heavy atom. The lowest BCUT2D eigenvalue weighted by Crippen LogP contribution is -2.65. The Labute approximate surface area is 242 Å². The summed E-state index contributed by atoms with van der Waals surface area (Å²) < 4.78 is 0. The van der Waals surface area contributed by atoms with Gasteiger partial charge in [0.2, 0.25) is 0 Å². The van der Waals surface area contributed by atoms with E-state index in [4.69, 9.17) is 0 Å². The Balaban J connectivity index is 1.38. The van der Waals surface area contributed by atoms with Gasteiger partial charge in [-0.05, 0) is 92.6 Å². The maximum absolute atomic E-state index is 2.61. The zero-order valence-electron chi connectivity index (χ0n) is 23.8. The first kappa shape index (κ1) is 23.1. The fourth-order valence-electron chi connectivity index (χ4n) is 8.33. The third-order valence-corrected chi connectivity index (χ3v) is 9.69. The fourth-order valence-corrected chi connectivity index (χ4v) is 8.33. The summed E-state index contributed by atoms with van der Waals surface area (Å²) in [5.74, 6) is 0. The summed E-state index contributed by atoms with van der Waals surface area (Å²) in [6.45, 7) is 9.60. The fraction of sp³-hybridized carbons (Fsp3) is 0.167. The minimum Gasteiger partial charge on any atom is -0.317 e. The summed E-state index contributed by atoms with van der Waals surface area (Å²) >= 11 is 0. The van der Waals surface area contributed by atoms with E-state index in [1.807, 2.05) is 0 Å². The average Bonchev–Trinajstić information content (AvgIpc) is 3.38. The molecule has 0 amide bonds. The molecule has 198 valence electrons.